The van der Waals surface area contributed by atoms with Crippen LogP contribution < -0.4 is 11.1 Å². The minimum Gasteiger partial charge on any atom is -0.352 e. The summed E-state index contributed by atoms with van der Waals surface area (Å²) in [5, 5.41) is 3.14. The maximum Gasteiger partial charge on any atom is 0.237 e. The fraction of sp³-hybridized carbons (Fsp3) is 0.929. The third kappa shape index (κ3) is 5.15. The molecule has 0 bridgehead atoms. The van der Waals surface area contributed by atoms with E-state index in [2.05, 4.69) is 33.0 Å². The van der Waals surface area contributed by atoms with E-state index in [-0.39, 0.29) is 24.4 Å². The van der Waals surface area contributed by atoms with Crippen molar-refractivity contribution in [2.75, 3.05) is 0 Å². The van der Waals surface area contributed by atoms with E-state index in [9.17, 15) is 4.79 Å². The summed E-state index contributed by atoms with van der Waals surface area (Å²) in [6.07, 6.45) is 4.37. The molecule has 0 aromatic rings. The molecule has 18 heavy (non-hydrogen) atoms. The van der Waals surface area contributed by atoms with Gasteiger partial charge < -0.3 is 11.1 Å². The maximum atomic E-state index is 12.0. The Morgan fingerprint density at radius 1 is 1.33 bits per heavy atom. The second-order valence-corrected chi connectivity index (χ2v) is 6.12. The van der Waals surface area contributed by atoms with Crippen LogP contribution in [-0.4, -0.2) is 18.0 Å². The number of nitrogens with two attached hydrogens (primary N) is 1. The van der Waals surface area contributed by atoms with Crippen molar-refractivity contribution in [3.63, 3.8) is 0 Å². The van der Waals surface area contributed by atoms with Gasteiger partial charge in [-0.1, -0.05) is 40.5 Å². The number of rotatable bonds is 4. The normalized spacial score (nSPS) is 29.6. The molecule has 0 aromatic heterocycles. The smallest absolute Gasteiger partial charge is 0.237 e. The highest BCUT2D eigenvalue weighted by Crippen LogP contribution is 2.29. The van der Waals surface area contributed by atoms with Gasteiger partial charge in [-0.15, -0.1) is 12.4 Å². The number of halogens is 1. The highest BCUT2D eigenvalue weighted by molar-refractivity contribution is 5.85. The van der Waals surface area contributed by atoms with Gasteiger partial charge in [-0.25, -0.2) is 0 Å². The van der Waals surface area contributed by atoms with Crippen molar-refractivity contribution in [3.8, 4) is 0 Å². The molecule has 0 aliphatic heterocycles. The van der Waals surface area contributed by atoms with E-state index in [1.165, 1.54) is 12.8 Å². The van der Waals surface area contributed by atoms with Gasteiger partial charge in [0.15, 0.2) is 0 Å². The first kappa shape index (κ1) is 17.7. The van der Waals surface area contributed by atoms with Crippen molar-refractivity contribution in [2.24, 2.45) is 23.5 Å². The third-order valence-corrected chi connectivity index (χ3v) is 4.10. The Labute approximate surface area is 118 Å². The highest BCUT2D eigenvalue weighted by Gasteiger charge is 2.29. The Kier molecular flexibility index (Phi) is 7.88. The molecule has 0 radical (unpaired) electrons. The Hall–Kier alpha value is -0.280. The van der Waals surface area contributed by atoms with Crippen molar-refractivity contribution >= 4 is 18.3 Å². The van der Waals surface area contributed by atoms with E-state index < -0.39 is 0 Å². The molecule has 108 valence electrons. The molecule has 1 aliphatic carbocycles. The predicted octanol–water partition coefficient (Wildman–Crippen LogP) is 2.72. The molecule has 0 spiro atoms. The highest BCUT2D eigenvalue weighted by atomic mass is 35.5. The monoisotopic (exact) mass is 276 g/mol. The van der Waals surface area contributed by atoms with Crippen LogP contribution in [0.15, 0.2) is 0 Å². The number of amides is 1. The zero-order chi connectivity index (χ0) is 13.0. The van der Waals surface area contributed by atoms with Gasteiger partial charge in [0.1, 0.15) is 0 Å². The van der Waals surface area contributed by atoms with E-state index in [1.807, 2.05) is 0 Å². The van der Waals surface area contributed by atoms with Gasteiger partial charge in [-0.2, -0.15) is 0 Å². The lowest BCUT2D eigenvalue weighted by Crippen LogP contribution is -2.50. The molecule has 3 nitrogen and oxygen atoms in total. The second-order valence-electron chi connectivity index (χ2n) is 6.12. The molecule has 0 heterocycles. The fourth-order valence-corrected chi connectivity index (χ4v) is 2.69. The average molecular weight is 277 g/mol. The summed E-state index contributed by atoms with van der Waals surface area (Å²) in [6, 6.07) is -0.0242. The molecule has 1 aliphatic rings. The molecule has 0 aromatic carbocycles. The zero-order valence-corrected chi connectivity index (χ0v) is 12.9. The van der Waals surface area contributed by atoms with Gasteiger partial charge >= 0.3 is 0 Å². The van der Waals surface area contributed by atoms with Crippen LogP contribution in [0.1, 0.15) is 53.4 Å². The molecule has 0 saturated heterocycles. The lowest BCUT2D eigenvalue weighted by molar-refractivity contribution is -0.124. The summed E-state index contributed by atoms with van der Waals surface area (Å²) in [5.41, 5.74) is 5.90. The van der Waals surface area contributed by atoms with Gasteiger partial charge in [0.25, 0.3) is 0 Å². The number of carbonyl (C=O) groups is 1. The maximum absolute atomic E-state index is 12.0. The van der Waals surface area contributed by atoms with Crippen molar-refractivity contribution in [1.29, 1.82) is 0 Å². The van der Waals surface area contributed by atoms with Crippen molar-refractivity contribution in [2.45, 2.75) is 65.5 Å². The standard InChI is InChI=1S/C14H28N2O.ClH/c1-9(2)8-12(15)14(17)16-13-7-5-6-10(3)11(13)4;/h9-13H,5-8,15H2,1-4H3,(H,16,17);1H/t10?,11?,12-,13?;/m0./s1. The summed E-state index contributed by atoms with van der Waals surface area (Å²) in [7, 11) is 0. The quantitative estimate of drug-likeness (QED) is 0.830. The summed E-state index contributed by atoms with van der Waals surface area (Å²) in [4.78, 5) is 12.0. The first-order valence-electron chi connectivity index (χ1n) is 6.97. The molecule has 1 amide bonds. The van der Waals surface area contributed by atoms with Crippen LogP contribution in [0, 0.1) is 17.8 Å². The molecule has 3 unspecified atom stereocenters. The average Bonchev–Trinajstić information content (AvgIpc) is 2.23. The third-order valence-electron chi connectivity index (χ3n) is 4.10. The first-order chi connectivity index (χ1) is 7.91. The SMILES string of the molecule is CC(C)C[C@H](N)C(=O)NC1CCCC(C)C1C.Cl. The number of nitrogens with one attached hydrogen (secondary N) is 1. The van der Waals surface area contributed by atoms with Gasteiger partial charge in [0.05, 0.1) is 6.04 Å². The van der Waals surface area contributed by atoms with Crippen LogP contribution in [0.25, 0.3) is 0 Å². The Balaban J connectivity index is 0.00000289. The Morgan fingerprint density at radius 2 is 1.94 bits per heavy atom. The Bertz CT molecular complexity index is 258. The lowest BCUT2D eigenvalue weighted by Gasteiger charge is -2.35. The summed E-state index contributed by atoms with van der Waals surface area (Å²) in [5.74, 6) is 1.78. The van der Waals surface area contributed by atoms with Crippen molar-refractivity contribution in [3.05, 3.63) is 0 Å². The minimum atomic E-state index is -0.348. The summed E-state index contributed by atoms with van der Waals surface area (Å²) in [6.45, 7) is 8.71. The zero-order valence-electron chi connectivity index (χ0n) is 12.1. The summed E-state index contributed by atoms with van der Waals surface area (Å²) >= 11 is 0. The van der Waals surface area contributed by atoms with E-state index in [0.717, 1.165) is 12.8 Å². The van der Waals surface area contributed by atoms with Crippen LogP contribution in [-0.2, 0) is 4.79 Å². The van der Waals surface area contributed by atoms with E-state index in [0.29, 0.717) is 23.8 Å². The minimum absolute atomic E-state index is 0. The number of hydrogen-bond donors (Lipinski definition) is 2. The van der Waals surface area contributed by atoms with E-state index >= 15 is 0 Å². The van der Waals surface area contributed by atoms with Crippen LogP contribution >= 0.6 is 12.4 Å². The molecular formula is C14H29ClN2O. The van der Waals surface area contributed by atoms with Crippen LogP contribution in [0.4, 0.5) is 0 Å². The van der Waals surface area contributed by atoms with Crippen LogP contribution in [0.3, 0.4) is 0 Å². The lowest BCUT2D eigenvalue weighted by atomic mass is 9.78. The van der Waals surface area contributed by atoms with Crippen molar-refractivity contribution in [1.82, 2.24) is 5.32 Å². The number of carbonyl (C=O) groups excluding carboxylic acids is 1. The predicted molar refractivity (Wildman–Crippen MR) is 78.8 cm³/mol. The van der Waals surface area contributed by atoms with Crippen molar-refractivity contribution < 1.29 is 4.79 Å². The van der Waals surface area contributed by atoms with Gasteiger partial charge in [-0.3, -0.25) is 4.79 Å². The van der Waals surface area contributed by atoms with E-state index in [4.69, 9.17) is 5.73 Å². The van der Waals surface area contributed by atoms with Crippen LogP contribution in [0.2, 0.25) is 0 Å². The molecule has 4 heteroatoms. The Morgan fingerprint density at radius 3 is 2.50 bits per heavy atom. The molecule has 1 rings (SSSR count). The fourth-order valence-electron chi connectivity index (χ4n) is 2.69. The summed E-state index contributed by atoms with van der Waals surface area (Å²) < 4.78 is 0. The molecular weight excluding hydrogens is 248 g/mol. The van der Waals surface area contributed by atoms with Gasteiger partial charge in [0.2, 0.25) is 5.91 Å². The molecule has 1 fully saturated rings. The largest absolute Gasteiger partial charge is 0.352 e. The number of hydrogen-bond acceptors (Lipinski definition) is 2. The first-order valence-corrected chi connectivity index (χ1v) is 6.97. The van der Waals surface area contributed by atoms with Gasteiger partial charge in [-0.05, 0) is 30.6 Å². The molecule has 4 atom stereocenters. The van der Waals surface area contributed by atoms with Gasteiger partial charge in [0, 0.05) is 6.04 Å². The van der Waals surface area contributed by atoms with Crippen LogP contribution in [0.5, 0.6) is 0 Å². The molecule has 1 saturated carbocycles. The molecule has 3 N–H and O–H groups in total. The van der Waals surface area contributed by atoms with E-state index in [1.54, 1.807) is 0 Å². The topological polar surface area (TPSA) is 55.1 Å². The second kappa shape index (κ2) is 8.00.